The van der Waals surface area contributed by atoms with Crippen LogP contribution in [-0.2, 0) is 9.59 Å². The number of likely N-dealkylation sites (N-methyl/N-ethyl adjacent to an activating group) is 1. The third-order valence-corrected chi connectivity index (χ3v) is 13.9. The highest BCUT2D eigenvalue weighted by Gasteiger charge is 2.70. The van der Waals surface area contributed by atoms with Crippen LogP contribution in [-0.4, -0.2) is 53.5 Å². The summed E-state index contributed by atoms with van der Waals surface area (Å²) in [6, 6.07) is -0.236. The number of fused-ring (bicyclic) bond motifs is 7. The van der Waals surface area contributed by atoms with Crippen molar-refractivity contribution in [2.45, 2.75) is 131 Å². The maximum atomic E-state index is 13.7. The van der Waals surface area contributed by atoms with Gasteiger partial charge in [-0.1, -0.05) is 48.5 Å². The summed E-state index contributed by atoms with van der Waals surface area (Å²) in [5.74, 6) is 1.95. The van der Waals surface area contributed by atoms with Crippen molar-refractivity contribution in [1.82, 2.24) is 10.2 Å². The van der Waals surface area contributed by atoms with Crippen LogP contribution in [0.5, 0.6) is 0 Å². The molecule has 5 aliphatic rings. The number of Topliss-reactive ketones (excluding diaryl/α,β-unsaturated/α-hetero) is 1. The van der Waals surface area contributed by atoms with Crippen LogP contribution in [0.25, 0.3) is 0 Å². The zero-order valence-corrected chi connectivity index (χ0v) is 26.5. The van der Waals surface area contributed by atoms with E-state index in [1.165, 1.54) is 24.8 Å². The quantitative estimate of drug-likeness (QED) is 0.449. The molecule has 2 N–H and O–H groups in total. The van der Waals surface area contributed by atoms with Crippen molar-refractivity contribution < 1.29 is 14.7 Å². The number of rotatable bonds is 4. The summed E-state index contributed by atoms with van der Waals surface area (Å²) in [5, 5.41) is 14.5. The van der Waals surface area contributed by atoms with E-state index in [0.717, 1.165) is 37.7 Å². The molecule has 0 aromatic rings. The largest absolute Gasteiger partial charge is 0.393 e. The Bertz CT molecular complexity index is 1080. The van der Waals surface area contributed by atoms with E-state index in [1.807, 2.05) is 25.9 Å². The molecule has 1 amide bonds. The molecule has 0 bridgehead atoms. The van der Waals surface area contributed by atoms with Crippen LogP contribution in [0.2, 0.25) is 0 Å². The van der Waals surface area contributed by atoms with Gasteiger partial charge in [0.25, 0.3) is 0 Å². The van der Waals surface area contributed by atoms with Gasteiger partial charge >= 0.3 is 0 Å². The summed E-state index contributed by atoms with van der Waals surface area (Å²) >= 11 is 0. The fourth-order valence-corrected chi connectivity index (χ4v) is 11.3. The molecule has 39 heavy (non-hydrogen) atoms. The Balaban J connectivity index is 1.57. The number of nitrogens with one attached hydrogen (secondary N) is 1. The van der Waals surface area contributed by atoms with Crippen LogP contribution < -0.4 is 5.32 Å². The van der Waals surface area contributed by atoms with Gasteiger partial charge in [0.05, 0.1) is 17.7 Å². The van der Waals surface area contributed by atoms with Crippen molar-refractivity contribution in [2.24, 2.45) is 45.3 Å². The summed E-state index contributed by atoms with van der Waals surface area (Å²) in [7, 11) is 3.89. The fourth-order valence-electron chi connectivity index (χ4n) is 11.3. The third-order valence-electron chi connectivity index (χ3n) is 13.9. The van der Waals surface area contributed by atoms with Gasteiger partial charge in [-0.3, -0.25) is 14.5 Å². The summed E-state index contributed by atoms with van der Waals surface area (Å²) < 4.78 is 0. The first kappa shape index (κ1) is 29.3. The molecule has 5 heteroatoms. The minimum absolute atomic E-state index is 0.0369. The van der Waals surface area contributed by atoms with Gasteiger partial charge in [0, 0.05) is 6.42 Å². The van der Waals surface area contributed by atoms with Crippen molar-refractivity contribution in [2.75, 3.05) is 14.1 Å². The fraction of sp³-hybridized carbons (Fsp3) is 0.882. The number of nitrogens with zero attached hydrogens (tertiary/aromatic N) is 1. The smallest absolute Gasteiger partial charge is 0.237 e. The van der Waals surface area contributed by atoms with Crippen molar-refractivity contribution in [3.05, 3.63) is 11.1 Å². The number of ketones is 1. The first-order chi connectivity index (χ1) is 18.0. The molecule has 0 aliphatic heterocycles. The van der Waals surface area contributed by atoms with Crippen molar-refractivity contribution in [3.8, 4) is 0 Å². The Morgan fingerprint density at radius 2 is 1.56 bits per heavy atom. The Kier molecular flexibility index (Phi) is 6.87. The van der Waals surface area contributed by atoms with Gasteiger partial charge in [-0.05, 0) is 129 Å². The van der Waals surface area contributed by atoms with E-state index >= 15 is 0 Å². The summed E-state index contributed by atoms with van der Waals surface area (Å²) in [5.41, 5.74) is 2.25. The molecular formula is C34H56N2O3. The maximum Gasteiger partial charge on any atom is 0.237 e. The van der Waals surface area contributed by atoms with Gasteiger partial charge in [-0.2, -0.15) is 0 Å². The second-order valence-electron chi connectivity index (χ2n) is 16.3. The Morgan fingerprint density at radius 1 is 0.897 bits per heavy atom. The number of carbonyl (C=O) groups excluding carboxylic acids is 2. The maximum absolute atomic E-state index is 13.7. The van der Waals surface area contributed by atoms with Crippen LogP contribution in [0.4, 0.5) is 0 Å². The standard InChI is InChI=1S/C34H56N2O3/c1-20(2)27-23(37)19-34(35-29(39)21(3)36(9)10)18-17-32(7)22(28(27)34)11-12-25-31(6)15-14-26(38)30(4,5)24(31)13-16-33(25,32)8/h20-22,24-26,38H,11-19H2,1-10H3,(H,35,39)/t21?,22-,24+,25-,26+,31+,32-,33-,34-/m1/s1. The summed E-state index contributed by atoms with van der Waals surface area (Å²) in [6.45, 7) is 18.6. The second kappa shape index (κ2) is 9.15. The van der Waals surface area contributed by atoms with Gasteiger partial charge in [-0.25, -0.2) is 0 Å². The highest BCUT2D eigenvalue weighted by molar-refractivity contribution is 6.02. The number of amides is 1. The van der Waals surface area contributed by atoms with Crippen LogP contribution in [0.1, 0.15) is 113 Å². The highest BCUT2D eigenvalue weighted by atomic mass is 16.3. The molecule has 0 saturated heterocycles. The molecule has 220 valence electrons. The molecule has 5 aliphatic carbocycles. The molecule has 9 atom stereocenters. The van der Waals surface area contributed by atoms with E-state index < -0.39 is 5.54 Å². The third kappa shape index (κ3) is 3.84. The summed E-state index contributed by atoms with van der Waals surface area (Å²) in [6.07, 6.45) is 8.79. The number of allylic oxidation sites excluding steroid dienone is 1. The van der Waals surface area contributed by atoms with Gasteiger partial charge < -0.3 is 10.4 Å². The van der Waals surface area contributed by atoms with Crippen LogP contribution in [0.3, 0.4) is 0 Å². The van der Waals surface area contributed by atoms with Crippen molar-refractivity contribution in [3.63, 3.8) is 0 Å². The lowest BCUT2D eigenvalue weighted by Crippen LogP contribution is -2.67. The van der Waals surface area contributed by atoms with E-state index in [-0.39, 0.29) is 51.4 Å². The topological polar surface area (TPSA) is 69.6 Å². The highest BCUT2D eigenvalue weighted by Crippen LogP contribution is 2.75. The first-order valence-electron chi connectivity index (χ1n) is 15.9. The second-order valence-corrected chi connectivity index (χ2v) is 16.3. The number of aliphatic hydroxyl groups excluding tert-OH is 1. The first-order valence-corrected chi connectivity index (χ1v) is 15.9. The summed E-state index contributed by atoms with van der Waals surface area (Å²) in [4.78, 5) is 29.2. The molecule has 1 unspecified atom stereocenters. The molecule has 0 aromatic carbocycles. The van der Waals surface area contributed by atoms with E-state index in [9.17, 15) is 14.7 Å². The zero-order chi connectivity index (χ0) is 28.9. The Hall–Kier alpha value is -1.20. The molecule has 4 saturated carbocycles. The SMILES string of the molecule is CC(C)C1=C2[C@H]3CC[C@@H]4[C@@]5(C)CC[C@H](O)C(C)(C)[C@@H]5CC[C@@]4(C)[C@]3(C)CC[C@@]2(NC(=O)C(C)N(C)C)CC1=O. The van der Waals surface area contributed by atoms with Gasteiger partial charge in [0.15, 0.2) is 5.78 Å². The minimum atomic E-state index is -0.524. The normalized spacial score (nSPS) is 45.9. The number of hydrogen-bond donors (Lipinski definition) is 2. The number of hydrogen-bond acceptors (Lipinski definition) is 4. The van der Waals surface area contributed by atoms with Crippen LogP contribution in [0, 0.1) is 45.3 Å². The average molecular weight is 541 g/mol. The van der Waals surface area contributed by atoms with Crippen LogP contribution >= 0.6 is 0 Å². The van der Waals surface area contributed by atoms with Gasteiger partial charge in [-0.15, -0.1) is 0 Å². The van der Waals surface area contributed by atoms with Gasteiger partial charge in [0.1, 0.15) is 0 Å². The molecule has 0 heterocycles. The molecule has 5 nitrogen and oxygen atoms in total. The molecule has 0 aromatic heterocycles. The predicted octanol–water partition coefficient (Wildman–Crippen LogP) is 6.15. The molecule has 5 rings (SSSR count). The van der Waals surface area contributed by atoms with E-state index in [2.05, 4.69) is 53.8 Å². The minimum Gasteiger partial charge on any atom is -0.393 e. The molecule has 0 radical (unpaired) electrons. The molecule has 0 spiro atoms. The zero-order valence-electron chi connectivity index (χ0n) is 26.5. The molecular weight excluding hydrogens is 484 g/mol. The molecule has 4 fully saturated rings. The Morgan fingerprint density at radius 3 is 2.18 bits per heavy atom. The van der Waals surface area contributed by atoms with E-state index in [4.69, 9.17) is 0 Å². The lowest BCUT2D eigenvalue weighted by atomic mass is 9.33. The van der Waals surface area contributed by atoms with E-state index in [1.54, 1.807) is 0 Å². The Labute approximate surface area is 237 Å². The van der Waals surface area contributed by atoms with Gasteiger partial charge in [0.2, 0.25) is 5.91 Å². The number of carbonyl (C=O) groups is 2. The lowest BCUT2D eigenvalue weighted by Gasteiger charge is -2.72. The van der Waals surface area contributed by atoms with E-state index in [0.29, 0.717) is 24.2 Å². The monoisotopic (exact) mass is 540 g/mol. The van der Waals surface area contributed by atoms with Crippen molar-refractivity contribution >= 4 is 11.7 Å². The average Bonchev–Trinajstić information content (AvgIpc) is 3.13. The lowest BCUT2D eigenvalue weighted by molar-refractivity contribution is -0.227. The van der Waals surface area contributed by atoms with Crippen molar-refractivity contribution in [1.29, 1.82) is 0 Å². The number of aliphatic hydroxyl groups is 1. The van der Waals surface area contributed by atoms with Crippen LogP contribution in [0.15, 0.2) is 11.1 Å². The predicted molar refractivity (Wildman–Crippen MR) is 157 cm³/mol.